The summed E-state index contributed by atoms with van der Waals surface area (Å²) in [7, 11) is 0. The first-order valence-corrected chi connectivity index (χ1v) is 8.50. The van der Waals surface area contributed by atoms with Gasteiger partial charge in [0, 0.05) is 11.1 Å². The van der Waals surface area contributed by atoms with Crippen LogP contribution in [0.3, 0.4) is 0 Å². The van der Waals surface area contributed by atoms with Gasteiger partial charge in [-0.05, 0) is 41.2 Å². The predicted octanol–water partition coefficient (Wildman–Crippen LogP) is 7.72. The zero-order valence-electron chi connectivity index (χ0n) is 15.1. The van der Waals surface area contributed by atoms with Crippen molar-refractivity contribution in [3.8, 4) is 0 Å². The molecule has 0 unspecified atom stereocenters. The fourth-order valence-electron chi connectivity index (χ4n) is 1.94. The van der Waals surface area contributed by atoms with Gasteiger partial charge in [-0.3, -0.25) is 0 Å². The van der Waals surface area contributed by atoms with Crippen molar-refractivity contribution in [2.45, 2.75) is 53.4 Å². The van der Waals surface area contributed by atoms with E-state index < -0.39 is 11.6 Å². The fraction of sp³-hybridized carbons (Fsp3) is 0.400. The second-order valence-electron chi connectivity index (χ2n) is 5.64. The molecule has 0 bridgehead atoms. The molecule has 0 aliphatic heterocycles. The maximum absolute atomic E-state index is 13.0. The fourth-order valence-corrected chi connectivity index (χ4v) is 2.10. The van der Waals surface area contributed by atoms with Gasteiger partial charge in [0.15, 0.2) is 0 Å². The van der Waals surface area contributed by atoms with Gasteiger partial charge >= 0.3 is 0 Å². The van der Waals surface area contributed by atoms with Gasteiger partial charge < -0.3 is 0 Å². The smallest absolute Gasteiger partial charge is 0.129 e. The minimum atomic E-state index is -0.521. The molecule has 0 saturated heterocycles. The van der Waals surface area contributed by atoms with E-state index in [1.54, 1.807) is 12.1 Å². The third-order valence-electron chi connectivity index (χ3n) is 3.17. The van der Waals surface area contributed by atoms with Crippen molar-refractivity contribution in [2.24, 2.45) is 0 Å². The molecule has 0 N–H and O–H groups in total. The van der Waals surface area contributed by atoms with Crippen molar-refractivity contribution in [3.63, 3.8) is 0 Å². The Morgan fingerprint density at radius 2 is 1.12 bits per heavy atom. The minimum Gasteiger partial charge on any atom is -0.207 e. The van der Waals surface area contributed by atoms with Crippen LogP contribution in [0.1, 0.15) is 64.5 Å². The topological polar surface area (TPSA) is 0 Å². The Hall–Kier alpha value is -1.48. The molecule has 0 atom stereocenters. The lowest BCUT2D eigenvalue weighted by Gasteiger charge is -2.05. The quantitative estimate of drug-likeness (QED) is 0.515. The molecule has 2 aromatic carbocycles. The number of hydrogen-bond acceptors (Lipinski definition) is 0. The van der Waals surface area contributed by atoms with Crippen LogP contribution in [0.25, 0.3) is 0 Å². The second-order valence-corrected chi connectivity index (χ2v) is 6.08. The summed E-state index contributed by atoms with van der Waals surface area (Å²) in [5, 5.41) is 0.451. The predicted molar refractivity (Wildman–Crippen MR) is 97.3 cm³/mol. The lowest BCUT2D eigenvalue weighted by atomic mass is 10.0. The van der Waals surface area contributed by atoms with Gasteiger partial charge in [0.1, 0.15) is 17.5 Å². The van der Waals surface area contributed by atoms with Gasteiger partial charge in [-0.25, -0.2) is 13.2 Å². The molecule has 0 amide bonds. The summed E-state index contributed by atoms with van der Waals surface area (Å²) in [5.74, 6) is -0.873. The highest BCUT2D eigenvalue weighted by Crippen LogP contribution is 2.21. The summed E-state index contributed by atoms with van der Waals surface area (Å²) >= 11 is 5.58. The molecule has 24 heavy (non-hydrogen) atoms. The van der Waals surface area contributed by atoms with E-state index in [0.717, 1.165) is 11.6 Å². The van der Waals surface area contributed by atoms with Gasteiger partial charge in [-0.2, -0.15) is 0 Å². The van der Waals surface area contributed by atoms with E-state index in [2.05, 4.69) is 0 Å². The highest BCUT2D eigenvalue weighted by molar-refractivity contribution is 6.30. The molecule has 2 aromatic rings. The largest absolute Gasteiger partial charge is 0.207 e. The number of halogens is 4. The molecule has 2 rings (SSSR count). The average Bonchev–Trinajstić information content (AvgIpc) is 2.49. The van der Waals surface area contributed by atoms with Crippen molar-refractivity contribution in [2.75, 3.05) is 0 Å². The van der Waals surface area contributed by atoms with Crippen LogP contribution in [-0.2, 0) is 0 Å². The van der Waals surface area contributed by atoms with Gasteiger partial charge in [0.2, 0.25) is 0 Å². The Morgan fingerprint density at radius 3 is 1.50 bits per heavy atom. The molecule has 0 radical (unpaired) electrons. The van der Waals surface area contributed by atoms with E-state index in [4.69, 9.17) is 11.6 Å². The van der Waals surface area contributed by atoms with Crippen molar-refractivity contribution in [1.82, 2.24) is 0 Å². The van der Waals surface area contributed by atoms with E-state index in [9.17, 15) is 13.2 Å². The molecule has 0 saturated carbocycles. The van der Waals surface area contributed by atoms with Gasteiger partial charge in [-0.15, -0.1) is 0 Å². The molecule has 134 valence electrons. The van der Waals surface area contributed by atoms with Crippen LogP contribution in [0.15, 0.2) is 36.4 Å². The zero-order valence-corrected chi connectivity index (χ0v) is 15.9. The van der Waals surface area contributed by atoms with Crippen molar-refractivity contribution in [3.05, 3.63) is 70.0 Å². The third kappa shape index (κ3) is 7.39. The Labute approximate surface area is 148 Å². The second kappa shape index (κ2) is 11.1. The lowest BCUT2D eigenvalue weighted by molar-refractivity contribution is 0.565. The van der Waals surface area contributed by atoms with Crippen molar-refractivity contribution >= 4 is 11.6 Å². The zero-order chi connectivity index (χ0) is 18.9. The highest BCUT2D eigenvalue weighted by Gasteiger charge is 2.06. The molecular formula is C20H26ClF3. The first-order chi connectivity index (χ1) is 11.2. The Morgan fingerprint density at radius 1 is 0.708 bits per heavy atom. The van der Waals surface area contributed by atoms with E-state index in [1.165, 1.54) is 18.2 Å². The van der Waals surface area contributed by atoms with Crippen LogP contribution >= 0.6 is 11.6 Å². The number of hydrogen-bond donors (Lipinski definition) is 0. The van der Waals surface area contributed by atoms with E-state index in [0.29, 0.717) is 10.6 Å². The van der Waals surface area contributed by atoms with E-state index >= 15 is 0 Å². The molecule has 0 heterocycles. The molecule has 0 nitrogen and oxygen atoms in total. The molecule has 0 aromatic heterocycles. The van der Waals surface area contributed by atoms with Crippen LogP contribution in [0.5, 0.6) is 0 Å². The first-order valence-electron chi connectivity index (χ1n) is 8.12. The SMILES string of the molecule is CC.CC(C)c1ccc(Cl)cc1F.CC(C)c1ccc(F)cc1F. The van der Waals surface area contributed by atoms with Crippen LogP contribution in [0.2, 0.25) is 5.02 Å². The molecule has 4 heteroatoms. The van der Waals surface area contributed by atoms with Crippen LogP contribution in [-0.4, -0.2) is 0 Å². The molecule has 0 aliphatic carbocycles. The molecule has 0 fully saturated rings. The minimum absolute atomic E-state index is 0.107. The highest BCUT2D eigenvalue weighted by atomic mass is 35.5. The average molecular weight is 359 g/mol. The normalized spacial score (nSPS) is 10.0. The monoisotopic (exact) mass is 358 g/mol. The summed E-state index contributed by atoms with van der Waals surface area (Å²) in [5.41, 5.74) is 1.28. The molecule has 0 spiro atoms. The summed E-state index contributed by atoms with van der Waals surface area (Å²) in [6.45, 7) is 11.6. The lowest BCUT2D eigenvalue weighted by Crippen LogP contribution is -1.92. The maximum atomic E-state index is 13.0. The van der Waals surface area contributed by atoms with Gasteiger partial charge in [0.25, 0.3) is 0 Å². The van der Waals surface area contributed by atoms with E-state index in [-0.39, 0.29) is 17.7 Å². The molecule has 0 aliphatic rings. The Bertz CT molecular complexity index is 567. The molecular weight excluding hydrogens is 333 g/mol. The van der Waals surface area contributed by atoms with Crippen LogP contribution in [0, 0.1) is 17.5 Å². The Balaban J connectivity index is 0.000000400. The first kappa shape index (κ1) is 22.5. The standard InChI is InChI=1S/C9H10ClF.C9H10F2.C2H6/c2*1-6(2)8-4-3-7(10)5-9(8)11;1-2/h2*3-6H,1-2H3;1-2H3. The van der Waals surface area contributed by atoms with Crippen LogP contribution in [0.4, 0.5) is 13.2 Å². The summed E-state index contributed by atoms with van der Waals surface area (Å²) < 4.78 is 38.2. The summed E-state index contributed by atoms with van der Waals surface area (Å²) in [4.78, 5) is 0. The Kier molecular flexibility index (Phi) is 10.5. The summed E-state index contributed by atoms with van der Waals surface area (Å²) in [6, 6.07) is 8.45. The number of rotatable bonds is 2. The van der Waals surface area contributed by atoms with Crippen molar-refractivity contribution < 1.29 is 13.2 Å². The van der Waals surface area contributed by atoms with Gasteiger partial charge in [-0.1, -0.05) is 65.3 Å². The van der Waals surface area contributed by atoms with Crippen molar-refractivity contribution in [1.29, 1.82) is 0 Å². The third-order valence-corrected chi connectivity index (χ3v) is 3.40. The van der Waals surface area contributed by atoms with Crippen LogP contribution < -0.4 is 0 Å². The summed E-state index contributed by atoms with van der Waals surface area (Å²) in [6.07, 6.45) is 0. The van der Waals surface area contributed by atoms with Gasteiger partial charge in [0.05, 0.1) is 0 Å². The van der Waals surface area contributed by atoms with E-state index in [1.807, 2.05) is 41.5 Å². The maximum Gasteiger partial charge on any atom is 0.129 e. The number of benzene rings is 2.